The molecule has 5 heteroatoms. The zero-order valence-electron chi connectivity index (χ0n) is 23.3. The smallest absolute Gasteiger partial charge is 0.271 e. The van der Waals surface area contributed by atoms with Crippen LogP contribution in [0.2, 0.25) is 0 Å². The number of amides is 1. The lowest BCUT2D eigenvalue weighted by Gasteiger charge is -2.17. The van der Waals surface area contributed by atoms with Crippen LogP contribution in [0.15, 0.2) is 132 Å². The molecule has 0 saturated carbocycles. The maximum Gasteiger partial charge on any atom is 0.271 e. The van der Waals surface area contributed by atoms with Gasteiger partial charge in [-0.3, -0.25) is 4.79 Å². The highest BCUT2D eigenvalue weighted by atomic mass is 16.5. The molecule has 0 unspecified atom stereocenters. The minimum absolute atomic E-state index is 0.335. The van der Waals surface area contributed by atoms with Crippen molar-refractivity contribution < 1.29 is 14.3 Å². The molecule has 6 aromatic rings. The van der Waals surface area contributed by atoms with E-state index in [1.54, 1.807) is 18.3 Å². The highest BCUT2D eigenvalue weighted by molar-refractivity contribution is 6.13. The van der Waals surface area contributed by atoms with E-state index in [2.05, 4.69) is 40.9 Å². The van der Waals surface area contributed by atoms with Crippen molar-refractivity contribution in [1.29, 1.82) is 0 Å². The van der Waals surface area contributed by atoms with Gasteiger partial charge in [-0.15, -0.1) is 0 Å². The Kier molecular flexibility index (Phi) is 7.91. The molecule has 5 nitrogen and oxygen atoms in total. The Morgan fingerprint density at radius 2 is 1.24 bits per heavy atom. The Hall–Kier alpha value is -5.42. The fraction of sp³-hybridized carbons (Fsp3) is 0.0811. The van der Waals surface area contributed by atoms with E-state index in [4.69, 9.17) is 9.47 Å². The lowest BCUT2D eigenvalue weighted by molar-refractivity contribution is 0.0954. The summed E-state index contributed by atoms with van der Waals surface area (Å²) in [4.78, 5) is 13.3. The number of carbonyl (C=O) groups is 1. The van der Waals surface area contributed by atoms with Gasteiger partial charge in [0.2, 0.25) is 0 Å². The predicted octanol–water partition coefficient (Wildman–Crippen LogP) is 8.22. The van der Waals surface area contributed by atoms with E-state index >= 15 is 0 Å². The molecule has 0 aliphatic carbocycles. The van der Waals surface area contributed by atoms with Crippen molar-refractivity contribution in [3.05, 3.63) is 155 Å². The van der Waals surface area contributed by atoms with Gasteiger partial charge in [0.1, 0.15) is 13.2 Å². The number of nitrogens with one attached hydrogen (secondary N) is 1. The van der Waals surface area contributed by atoms with Gasteiger partial charge in [0.25, 0.3) is 5.91 Å². The van der Waals surface area contributed by atoms with Gasteiger partial charge in [-0.05, 0) is 63.4 Å². The number of aryl methyl sites for hydroxylation is 1. The monoisotopic (exact) mass is 550 g/mol. The van der Waals surface area contributed by atoms with Crippen molar-refractivity contribution in [2.75, 3.05) is 0 Å². The molecule has 0 bridgehead atoms. The topological polar surface area (TPSA) is 59.9 Å². The van der Waals surface area contributed by atoms with Gasteiger partial charge in [-0.2, -0.15) is 5.10 Å². The molecule has 206 valence electrons. The van der Waals surface area contributed by atoms with Gasteiger partial charge in [0.05, 0.1) is 6.21 Å². The maximum absolute atomic E-state index is 13.3. The molecular weight excluding hydrogens is 520 g/mol. The summed E-state index contributed by atoms with van der Waals surface area (Å²) in [5.74, 6) is 0.777. The fourth-order valence-electron chi connectivity index (χ4n) is 5.04. The van der Waals surface area contributed by atoms with Crippen LogP contribution in [0, 0.1) is 6.92 Å². The average molecular weight is 551 g/mol. The van der Waals surface area contributed by atoms with Crippen molar-refractivity contribution in [2.24, 2.45) is 5.10 Å². The standard InChI is InChI=1S/C37H30N2O3/c1-26-20-31(22-35(41-24-27-12-4-2-5-13-27)36(26)42-25-28-14-6-3-7-15-28)37(40)39-38-23-34-32-18-10-8-16-29(32)21-30-17-9-11-19-33(30)34/h2-23H,24-25H2,1H3,(H,39,40)/b38-23+. The third kappa shape index (κ3) is 6.01. The molecule has 0 spiro atoms. The van der Waals surface area contributed by atoms with Gasteiger partial charge in [0.15, 0.2) is 11.5 Å². The highest BCUT2D eigenvalue weighted by Crippen LogP contribution is 2.34. The number of hydrogen-bond donors (Lipinski definition) is 1. The highest BCUT2D eigenvalue weighted by Gasteiger charge is 2.16. The number of hydrogen-bond acceptors (Lipinski definition) is 4. The molecule has 0 aliphatic heterocycles. The van der Waals surface area contributed by atoms with Crippen LogP contribution in [0.1, 0.15) is 32.6 Å². The number of rotatable bonds is 9. The molecule has 0 radical (unpaired) electrons. The van der Waals surface area contributed by atoms with Crippen LogP contribution in [-0.4, -0.2) is 12.1 Å². The lowest BCUT2D eigenvalue weighted by Crippen LogP contribution is -2.18. The van der Waals surface area contributed by atoms with Crippen LogP contribution in [-0.2, 0) is 13.2 Å². The molecule has 1 N–H and O–H groups in total. The van der Waals surface area contributed by atoms with Crippen LogP contribution in [0.5, 0.6) is 11.5 Å². The maximum atomic E-state index is 13.3. The summed E-state index contributed by atoms with van der Waals surface area (Å²) < 4.78 is 12.4. The molecule has 6 rings (SSSR count). The van der Waals surface area contributed by atoms with Crippen LogP contribution in [0.4, 0.5) is 0 Å². The molecule has 0 aromatic heterocycles. The van der Waals surface area contributed by atoms with Crippen molar-refractivity contribution in [3.8, 4) is 11.5 Å². The number of hydrazone groups is 1. The zero-order valence-corrected chi connectivity index (χ0v) is 23.3. The number of nitrogens with zero attached hydrogens (tertiary/aromatic N) is 1. The summed E-state index contributed by atoms with van der Waals surface area (Å²) in [6, 6.07) is 41.9. The van der Waals surface area contributed by atoms with Crippen LogP contribution < -0.4 is 14.9 Å². The van der Waals surface area contributed by atoms with Gasteiger partial charge >= 0.3 is 0 Å². The van der Waals surface area contributed by atoms with E-state index in [-0.39, 0.29) is 5.91 Å². The number of ether oxygens (including phenoxy) is 2. The average Bonchev–Trinajstić information content (AvgIpc) is 3.03. The van der Waals surface area contributed by atoms with Crippen molar-refractivity contribution in [3.63, 3.8) is 0 Å². The third-order valence-corrected chi connectivity index (χ3v) is 7.14. The Morgan fingerprint density at radius 3 is 1.86 bits per heavy atom. The summed E-state index contributed by atoms with van der Waals surface area (Å²) in [5, 5.41) is 8.75. The second kappa shape index (κ2) is 12.4. The summed E-state index contributed by atoms with van der Waals surface area (Å²) in [6.07, 6.45) is 1.72. The van der Waals surface area contributed by atoms with E-state index in [0.717, 1.165) is 43.8 Å². The van der Waals surface area contributed by atoms with Crippen LogP contribution in [0.3, 0.4) is 0 Å². The third-order valence-electron chi connectivity index (χ3n) is 7.14. The molecule has 0 atom stereocenters. The molecule has 6 aromatic carbocycles. The van der Waals surface area contributed by atoms with E-state index in [0.29, 0.717) is 30.3 Å². The number of fused-ring (bicyclic) bond motifs is 2. The molecule has 0 saturated heterocycles. The molecule has 1 amide bonds. The Labute approximate surface area is 245 Å². The summed E-state index contributed by atoms with van der Waals surface area (Å²) in [7, 11) is 0. The van der Waals surface area contributed by atoms with Gasteiger partial charge < -0.3 is 9.47 Å². The van der Waals surface area contributed by atoms with Crippen molar-refractivity contribution in [2.45, 2.75) is 20.1 Å². The Balaban J connectivity index is 1.27. The first-order valence-electron chi connectivity index (χ1n) is 13.9. The minimum Gasteiger partial charge on any atom is -0.485 e. The molecule has 0 aliphatic rings. The largest absolute Gasteiger partial charge is 0.485 e. The van der Waals surface area contributed by atoms with Gasteiger partial charge in [-0.1, -0.05) is 109 Å². The first-order chi connectivity index (χ1) is 20.7. The van der Waals surface area contributed by atoms with Crippen molar-refractivity contribution >= 4 is 33.7 Å². The number of carbonyl (C=O) groups excluding carboxylic acids is 1. The molecule has 42 heavy (non-hydrogen) atoms. The zero-order chi connectivity index (χ0) is 28.7. The Morgan fingerprint density at radius 1 is 0.690 bits per heavy atom. The summed E-state index contributed by atoms with van der Waals surface area (Å²) in [6.45, 7) is 2.65. The second-order valence-electron chi connectivity index (χ2n) is 10.1. The fourth-order valence-corrected chi connectivity index (χ4v) is 5.04. The molecule has 0 fully saturated rings. The summed E-state index contributed by atoms with van der Waals surface area (Å²) >= 11 is 0. The summed E-state index contributed by atoms with van der Waals surface area (Å²) in [5.41, 5.74) is 6.97. The van der Waals surface area contributed by atoms with Crippen LogP contribution >= 0.6 is 0 Å². The van der Waals surface area contributed by atoms with Gasteiger partial charge in [-0.25, -0.2) is 5.43 Å². The first kappa shape index (κ1) is 26.8. The second-order valence-corrected chi connectivity index (χ2v) is 10.1. The molecule has 0 heterocycles. The molecular formula is C37H30N2O3. The first-order valence-corrected chi connectivity index (χ1v) is 13.9. The number of benzene rings is 6. The van der Waals surface area contributed by atoms with Crippen molar-refractivity contribution in [1.82, 2.24) is 5.43 Å². The van der Waals surface area contributed by atoms with Gasteiger partial charge in [0, 0.05) is 11.1 Å². The van der Waals surface area contributed by atoms with Crippen LogP contribution in [0.25, 0.3) is 21.5 Å². The normalized spacial score (nSPS) is 11.2. The Bertz CT molecular complexity index is 1830. The quantitative estimate of drug-likeness (QED) is 0.112. The minimum atomic E-state index is -0.335. The van der Waals surface area contributed by atoms with E-state index in [1.807, 2.05) is 91.9 Å². The van der Waals surface area contributed by atoms with E-state index in [9.17, 15) is 4.79 Å². The van der Waals surface area contributed by atoms with E-state index in [1.165, 1.54) is 0 Å². The predicted molar refractivity (Wildman–Crippen MR) is 169 cm³/mol. The van der Waals surface area contributed by atoms with E-state index < -0.39 is 0 Å². The lowest BCUT2D eigenvalue weighted by atomic mass is 9.97. The SMILES string of the molecule is Cc1cc(C(=O)N/N=C/c2c3ccccc3cc3ccccc23)cc(OCc2ccccc2)c1OCc1ccccc1.